The zero-order chi connectivity index (χ0) is 40.6. The first-order chi connectivity index (χ1) is 26.9. The molecule has 19 heteroatoms. The van der Waals surface area contributed by atoms with E-state index in [1.54, 1.807) is 20.8 Å². The second-order valence-electron chi connectivity index (χ2n) is 16.3. The number of nitrogens with zero attached hydrogens (tertiary/aromatic N) is 5. The summed E-state index contributed by atoms with van der Waals surface area (Å²) >= 11 is 0.640. The van der Waals surface area contributed by atoms with Crippen LogP contribution in [-0.2, 0) is 10.9 Å². The molecule has 4 saturated heterocycles. The maximum Gasteiger partial charge on any atom is 0.417 e. The normalized spacial score (nSPS) is 25.0. The van der Waals surface area contributed by atoms with E-state index in [9.17, 15) is 18.0 Å². The predicted molar refractivity (Wildman–Crippen MR) is 198 cm³/mol. The van der Waals surface area contributed by atoms with Gasteiger partial charge in [0, 0.05) is 60.6 Å². The molecule has 4 aliphatic heterocycles. The van der Waals surface area contributed by atoms with E-state index in [1.165, 1.54) is 0 Å². The van der Waals surface area contributed by atoms with Crippen molar-refractivity contribution in [3.8, 4) is 17.1 Å². The molecule has 57 heavy (non-hydrogen) atoms. The highest BCUT2D eigenvalue weighted by Crippen LogP contribution is 2.49. The van der Waals surface area contributed by atoms with E-state index in [-0.39, 0.29) is 83.2 Å². The average molecular weight is 828 g/mol. The molecule has 0 aliphatic carbocycles. The van der Waals surface area contributed by atoms with Gasteiger partial charge in [0.15, 0.2) is 10.9 Å². The van der Waals surface area contributed by atoms with E-state index < -0.39 is 69.8 Å². The van der Waals surface area contributed by atoms with Crippen molar-refractivity contribution in [3.05, 3.63) is 35.4 Å². The van der Waals surface area contributed by atoms with Crippen LogP contribution in [0.3, 0.4) is 0 Å². The van der Waals surface area contributed by atoms with Gasteiger partial charge in [-0.25, -0.2) is 31.7 Å². The summed E-state index contributed by atoms with van der Waals surface area (Å²) in [5.41, 5.74) is -5.13. The van der Waals surface area contributed by atoms with Crippen molar-refractivity contribution in [2.75, 3.05) is 36.5 Å². The molecule has 2 N–H and O–H groups in total. The van der Waals surface area contributed by atoms with Gasteiger partial charge in [-0.2, -0.15) is 23.1 Å². The number of anilines is 2. The summed E-state index contributed by atoms with van der Waals surface area (Å²) in [5.74, 6) is -2.25. The van der Waals surface area contributed by atoms with E-state index in [1.807, 2.05) is 9.80 Å². The van der Waals surface area contributed by atoms with Gasteiger partial charge in [0.25, 0.3) is 0 Å². The molecular weight excluding hydrogens is 787 g/mol. The fourth-order valence-electron chi connectivity index (χ4n) is 9.12. The second-order valence-corrected chi connectivity index (χ2v) is 17.3. The Bertz CT molecular complexity index is 2200. The predicted octanol–water partition coefficient (Wildman–Crippen LogP) is 8.86. The number of alkyl halides is 6. The summed E-state index contributed by atoms with van der Waals surface area (Å²) in [4.78, 5) is 29.5. The first kappa shape index (κ1) is 39.7. The van der Waals surface area contributed by atoms with Crippen molar-refractivity contribution in [3.63, 3.8) is 0 Å². The summed E-state index contributed by atoms with van der Waals surface area (Å²) < 4.78 is 130. The van der Waals surface area contributed by atoms with Crippen LogP contribution in [0.25, 0.3) is 32.2 Å². The molecule has 8 rings (SSSR count). The SMILES string of the molecule is CC(C)(C)OC(=O)Nc1nc2c(-c3c(C(F)(F)F)cc4c(N5[C@@H]6CC[C@H]5C(NCCC(F)F)C6)nc(OC[C@@]56CCCN5C[C@H](F)C6)nc4c3F)ccc(F)c2s1. The van der Waals surface area contributed by atoms with Crippen LogP contribution in [0.1, 0.15) is 71.3 Å². The fourth-order valence-corrected chi connectivity index (χ4v) is 10.0. The van der Waals surface area contributed by atoms with Crippen LogP contribution in [0.5, 0.6) is 6.01 Å². The molecule has 5 atom stereocenters. The zero-order valence-corrected chi connectivity index (χ0v) is 32.1. The number of aromatic nitrogens is 3. The quantitative estimate of drug-likeness (QED) is 0.152. The molecule has 2 aromatic carbocycles. The van der Waals surface area contributed by atoms with Gasteiger partial charge in [-0.1, -0.05) is 11.3 Å². The Morgan fingerprint density at radius 2 is 1.89 bits per heavy atom. The molecule has 1 unspecified atom stereocenters. The van der Waals surface area contributed by atoms with Crippen molar-refractivity contribution in [2.45, 2.75) is 114 Å². The average Bonchev–Trinajstić information content (AvgIpc) is 3.93. The molecule has 10 nitrogen and oxygen atoms in total. The van der Waals surface area contributed by atoms with E-state index >= 15 is 22.0 Å². The van der Waals surface area contributed by atoms with Crippen molar-refractivity contribution >= 4 is 49.5 Å². The third kappa shape index (κ3) is 7.54. The molecule has 0 radical (unpaired) electrons. The van der Waals surface area contributed by atoms with Crippen LogP contribution >= 0.6 is 11.3 Å². The summed E-state index contributed by atoms with van der Waals surface area (Å²) in [5, 5.41) is 5.09. The molecule has 308 valence electrons. The lowest BCUT2D eigenvalue weighted by molar-refractivity contribution is -0.137. The molecule has 0 spiro atoms. The molecule has 4 aliphatic rings. The molecule has 4 fully saturated rings. The lowest BCUT2D eigenvalue weighted by atomic mass is 9.95. The highest BCUT2D eigenvalue weighted by Gasteiger charge is 2.50. The van der Waals surface area contributed by atoms with Gasteiger partial charge in [-0.15, -0.1) is 0 Å². The number of carbonyl (C=O) groups excluding carboxylic acids is 1. The first-order valence-corrected chi connectivity index (χ1v) is 19.7. The van der Waals surface area contributed by atoms with Crippen LogP contribution in [0, 0.1) is 11.6 Å². The number of carbonyl (C=O) groups is 1. The number of rotatable bonds is 10. The van der Waals surface area contributed by atoms with Gasteiger partial charge in [-0.3, -0.25) is 10.2 Å². The third-order valence-electron chi connectivity index (χ3n) is 11.3. The Hall–Kier alpha value is -4.10. The summed E-state index contributed by atoms with van der Waals surface area (Å²) in [6.45, 7) is 5.75. The molecule has 1 amide bonds. The van der Waals surface area contributed by atoms with Crippen molar-refractivity contribution in [1.29, 1.82) is 0 Å². The van der Waals surface area contributed by atoms with Crippen LogP contribution in [-0.4, -0.2) is 94.0 Å². The Kier molecular flexibility index (Phi) is 10.2. The van der Waals surface area contributed by atoms with Gasteiger partial charge >= 0.3 is 18.3 Å². The van der Waals surface area contributed by atoms with E-state index in [0.717, 1.165) is 24.6 Å². The number of amides is 1. The zero-order valence-electron chi connectivity index (χ0n) is 31.3. The smallest absolute Gasteiger partial charge is 0.417 e. The van der Waals surface area contributed by atoms with Crippen molar-refractivity contribution < 1.29 is 49.4 Å². The monoisotopic (exact) mass is 827 g/mol. The number of benzene rings is 2. The molecule has 6 heterocycles. The van der Waals surface area contributed by atoms with E-state index in [4.69, 9.17) is 9.47 Å². The third-order valence-corrected chi connectivity index (χ3v) is 12.3. The minimum atomic E-state index is -5.15. The van der Waals surface area contributed by atoms with Gasteiger partial charge < -0.3 is 19.7 Å². The molecular formula is C38H41F8N7O3S. The lowest BCUT2D eigenvalue weighted by Gasteiger charge is -2.31. The van der Waals surface area contributed by atoms with Crippen molar-refractivity contribution in [2.24, 2.45) is 0 Å². The van der Waals surface area contributed by atoms with Gasteiger partial charge in [0.1, 0.15) is 35.5 Å². The fraction of sp³-hybridized carbons (Fsp3) is 0.579. The maximum absolute atomic E-state index is 17.3. The summed E-state index contributed by atoms with van der Waals surface area (Å²) in [6.07, 6.45) is -6.67. The standard InChI is InChI=1S/C38H41F8N7O3S/c1-36(2,3)56-35(54)51-34-49-30-20(6-7-23(40)31(30)57-34)27-22(38(44,45)46)14-21-29(28(27)43)48-33(55-17-37-10-4-12-52(37)16-18(39)15-37)50-32(21)53-19-5-8-25(53)24(13-19)47-11-9-26(41)42/h6-7,14,18-19,24-26,47H,4-5,8-13,15-17H2,1-3H3,(H,49,51,54)/t18-,19-,24?,25+,37+/m1/s1. The Balaban J connectivity index is 1.27. The highest BCUT2D eigenvalue weighted by atomic mass is 32.1. The van der Waals surface area contributed by atoms with Gasteiger partial charge in [-0.05, 0) is 77.6 Å². The Morgan fingerprint density at radius 3 is 2.63 bits per heavy atom. The Labute approximate surface area is 326 Å². The van der Waals surface area contributed by atoms with Gasteiger partial charge in [0.2, 0.25) is 6.43 Å². The van der Waals surface area contributed by atoms with Crippen LogP contribution in [0.2, 0.25) is 0 Å². The number of halogens is 8. The van der Waals surface area contributed by atoms with Crippen molar-refractivity contribution in [1.82, 2.24) is 25.2 Å². The number of hydrogen-bond acceptors (Lipinski definition) is 10. The minimum Gasteiger partial charge on any atom is -0.461 e. The van der Waals surface area contributed by atoms with E-state index in [0.29, 0.717) is 43.6 Å². The number of fused-ring (bicyclic) bond motifs is 5. The second kappa shape index (κ2) is 14.6. The first-order valence-electron chi connectivity index (χ1n) is 18.9. The number of hydrogen-bond donors (Lipinski definition) is 2. The van der Waals surface area contributed by atoms with Gasteiger partial charge in [0.05, 0.1) is 21.3 Å². The van der Waals surface area contributed by atoms with E-state index in [2.05, 4.69) is 25.6 Å². The maximum atomic E-state index is 17.3. The number of ether oxygens (including phenoxy) is 2. The topological polar surface area (TPSA) is 105 Å². The molecule has 2 bridgehead atoms. The Morgan fingerprint density at radius 1 is 1.11 bits per heavy atom. The number of nitrogens with one attached hydrogen (secondary N) is 2. The highest BCUT2D eigenvalue weighted by molar-refractivity contribution is 7.22. The van der Waals surface area contributed by atoms with Crippen LogP contribution in [0.15, 0.2) is 18.2 Å². The molecule has 4 aromatic rings. The lowest BCUT2D eigenvalue weighted by Crippen LogP contribution is -2.43. The summed E-state index contributed by atoms with van der Waals surface area (Å²) in [6, 6.07) is 1.45. The largest absolute Gasteiger partial charge is 0.461 e. The van der Waals surface area contributed by atoms with Crippen LogP contribution in [0.4, 0.5) is 50.9 Å². The molecule has 2 aromatic heterocycles. The molecule has 0 saturated carbocycles. The van der Waals surface area contributed by atoms with Crippen LogP contribution < -0.4 is 20.3 Å². The summed E-state index contributed by atoms with van der Waals surface area (Å²) in [7, 11) is 0. The minimum absolute atomic E-state index is 0.00561. The number of thiazole rings is 1.